The molecule has 1 aromatic rings. The van der Waals surface area contributed by atoms with Gasteiger partial charge in [0.15, 0.2) is 11.6 Å². The second-order valence-electron chi connectivity index (χ2n) is 2.65. The van der Waals surface area contributed by atoms with Crippen molar-refractivity contribution in [2.45, 2.75) is 13.3 Å². The van der Waals surface area contributed by atoms with Gasteiger partial charge in [0.25, 0.3) is 0 Å². The van der Waals surface area contributed by atoms with Crippen molar-refractivity contribution >= 4 is 15.8 Å². The van der Waals surface area contributed by atoms with Gasteiger partial charge in [0.2, 0.25) is 10.0 Å². The van der Waals surface area contributed by atoms with Crippen LogP contribution in [-0.4, -0.2) is 24.4 Å². The Balaban J connectivity index is 2.75. The molecule has 1 rings (SSSR count). The van der Waals surface area contributed by atoms with E-state index >= 15 is 0 Å². The molecule has 0 saturated carbocycles. The van der Waals surface area contributed by atoms with Gasteiger partial charge < -0.3 is 0 Å². The molecule has 0 bridgehead atoms. The molecule has 76 valence electrons. The molecule has 1 heterocycles. The third-order valence-corrected chi connectivity index (χ3v) is 2.56. The summed E-state index contributed by atoms with van der Waals surface area (Å²) in [5.41, 5.74) is 0.833. The fourth-order valence-electron chi connectivity index (χ4n) is 0.875. The topological polar surface area (TPSA) is 98.6 Å². The maximum atomic E-state index is 11.1. The molecule has 0 saturated heterocycles. The zero-order chi connectivity index (χ0) is 10.6. The summed E-state index contributed by atoms with van der Waals surface area (Å²) in [6, 6.07) is 3.15. The van der Waals surface area contributed by atoms with Crippen LogP contribution in [0.2, 0.25) is 0 Å². The van der Waals surface area contributed by atoms with E-state index in [1.165, 1.54) is 0 Å². The lowest BCUT2D eigenvalue weighted by Crippen LogP contribution is -2.15. The van der Waals surface area contributed by atoms with Crippen molar-refractivity contribution < 1.29 is 8.42 Å². The number of aromatic amines is 1. The third-order valence-electron chi connectivity index (χ3n) is 1.53. The van der Waals surface area contributed by atoms with Crippen molar-refractivity contribution in [2.75, 3.05) is 10.5 Å². The van der Waals surface area contributed by atoms with E-state index in [4.69, 9.17) is 5.26 Å². The van der Waals surface area contributed by atoms with E-state index in [1.807, 2.05) is 6.92 Å². The first-order valence-electron chi connectivity index (χ1n) is 3.99. The zero-order valence-corrected chi connectivity index (χ0v) is 8.43. The monoisotopic (exact) mass is 214 g/mol. The Labute approximate surface area is 82.0 Å². The van der Waals surface area contributed by atoms with Crippen molar-refractivity contribution in [3.8, 4) is 6.07 Å². The van der Waals surface area contributed by atoms with Crippen LogP contribution in [0.4, 0.5) is 5.82 Å². The molecule has 0 aliphatic carbocycles. The van der Waals surface area contributed by atoms with Crippen LogP contribution < -0.4 is 4.72 Å². The highest BCUT2D eigenvalue weighted by atomic mass is 32.2. The van der Waals surface area contributed by atoms with Crippen LogP contribution in [0.1, 0.15) is 12.6 Å². The molecule has 0 fully saturated rings. The molecule has 0 spiro atoms. The van der Waals surface area contributed by atoms with E-state index in [1.54, 1.807) is 12.1 Å². The Morgan fingerprint density at radius 3 is 2.93 bits per heavy atom. The SMILES string of the molecule is CCc1cc(NS(=O)(=O)CC#N)n[nH]1. The van der Waals surface area contributed by atoms with E-state index < -0.39 is 15.8 Å². The van der Waals surface area contributed by atoms with Crippen LogP contribution in [0.15, 0.2) is 6.07 Å². The molecule has 0 aliphatic rings. The first-order chi connectivity index (χ1) is 6.57. The predicted molar refractivity (Wildman–Crippen MR) is 51.0 cm³/mol. The van der Waals surface area contributed by atoms with Crippen molar-refractivity contribution in [3.05, 3.63) is 11.8 Å². The molecule has 2 N–H and O–H groups in total. The zero-order valence-electron chi connectivity index (χ0n) is 7.61. The Morgan fingerprint density at radius 1 is 1.71 bits per heavy atom. The number of nitrogens with one attached hydrogen (secondary N) is 2. The number of H-pyrrole nitrogens is 1. The lowest BCUT2D eigenvalue weighted by Gasteiger charge is -1.98. The summed E-state index contributed by atoms with van der Waals surface area (Å²) in [4.78, 5) is 0. The lowest BCUT2D eigenvalue weighted by molar-refractivity contribution is 0.604. The lowest BCUT2D eigenvalue weighted by atomic mass is 10.3. The van der Waals surface area contributed by atoms with Gasteiger partial charge in [-0.2, -0.15) is 10.4 Å². The van der Waals surface area contributed by atoms with Gasteiger partial charge in [-0.05, 0) is 6.42 Å². The maximum absolute atomic E-state index is 11.1. The van der Waals surface area contributed by atoms with Crippen LogP contribution in [0.5, 0.6) is 0 Å². The third kappa shape index (κ3) is 2.74. The molecule has 0 unspecified atom stereocenters. The number of aromatic nitrogens is 2. The number of sulfonamides is 1. The molecule has 0 atom stereocenters. The van der Waals surface area contributed by atoms with Crippen LogP contribution in [-0.2, 0) is 16.4 Å². The molecule has 0 amide bonds. The number of rotatable bonds is 4. The van der Waals surface area contributed by atoms with Crippen LogP contribution in [0, 0.1) is 11.3 Å². The standard InChI is InChI=1S/C7H10N4O2S/c1-2-6-5-7(10-9-6)11-14(12,13)4-3-8/h5H,2,4H2,1H3,(H2,9,10,11). The van der Waals surface area contributed by atoms with E-state index in [2.05, 4.69) is 14.9 Å². The van der Waals surface area contributed by atoms with Crippen LogP contribution in [0.3, 0.4) is 0 Å². The number of anilines is 1. The van der Waals surface area contributed by atoms with Crippen molar-refractivity contribution in [1.82, 2.24) is 10.2 Å². The van der Waals surface area contributed by atoms with Crippen LogP contribution >= 0.6 is 0 Å². The predicted octanol–water partition coefficient (Wildman–Crippen LogP) is 0.237. The average Bonchev–Trinajstić information content (AvgIpc) is 2.51. The number of nitriles is 1. The van der Waals surface area contributed by atoms with Gasteiger partial charge in [-0.15, -0.1) is 0 Å². The Hall–Kier alpha value is -1.55. The second kappa shape index (κ2) is 4.11. The fourth-order valence-corrected chi connectivity index (χ4v) is 1.54. The molecule has 1 aromatic heterocycles. The van der Waals surface area contributed by atoms with Gasteiger partial charge in [0, 0.05) is 11.8 Å². The van der Waals surface area contributed by atoms with Crippen molar-refractivity contribution in [3.63, 3.8) is 0 Å². The Bertz CT molecular complexity index is 443. The molecule has 6 nitrogen and oxygen atoms in total. The number of hydrogen-bond donors (Lipinski definition) is 2. The Kier molecular flexibility index (Phi) is 3.09. The smallest absolute Gasteiger partial charge is 0.247 e. The largest absolute Gasteiger partial charge is 0.280 e. The highest BCUT2D eigenvalue weighted by molar-refractivity contribution is 7.92. The molecule has 7 heteroatoms. The molecule has 0 radical (unpaired) electrons. The van der Waals surface area contributed by atoms with Crippen molar-refractivity contribution in [1.29, 1.82) is 5.26 Å². The van der Waals surface area contributed by atoms with Crippen LogP contribution in [0.25, 0.3) is 0 Å². The summed E-state index contributed by atoms with van der Waals surface area (Å²) in [6.07, 6.45) is 0.743. The minimum atomic E-state index is -3.57. The van der Waals surface area contributed by atoms with Gasteiger partial charge >= 0.3 is 0 Å². The minimum Gasteiger partial charge on any atom is -0.280 e. The summed E-state index contributed by atoms with van der Waals surface area (Å²) in [5, 5.41) is 14.6. The van der Waals surface area contributed by atoms with Gasteiger partial charge in [-0.25, -0.2) is 8.42 Å². The first-order valence-corrected chi connectivity index (χ1v) is 5.64. The molecule has 0 aromatic carbocycles. The summed E-state index contributed by atoms with van der Waals surface area (Å²) < 4.78 is 24.4. The number of aryl methyl sites for hydroxylation is 1. The van der Waals surface area contributed by atoms with Crippen molar-refractivity contribution in [2.24, 2.45) is 0 Å². The van der Waals surface area contributed by atoms with E-state index in [-0.39, 0.29) is 5.82 Å². The van der Waals surface area contributed by atoms with Gasteiger partial charge in [0.1, 0.15) is 0 Å². The van der Waals surface area contributed by atoms with Gasteiger partial charge in [-0.3, -0.25) is 9.82 Å². The normalized spacial score (nSPS) is 10.9. The molecule has 14 heavy (non-hydrogen) atoms. The Morgan fingerprint density at radius 2 is 2.43 bits per heavy atom. The molecule has 0 aliphatic heterocycles. The van der Waals surface area contributed by atoms with Gasteiger partial charge in [-0.1, -0.05) is 6.92 Å². The molecular formula is C7H10N4O2S. The number of nitrogens with zero attached hydrogens (tertiary/aromatic N) is 2. The first kappa shape index (κ1) is 10.5. The molecular weight excluding hydrogens is 204 g/mol. The summed E-state index contributed by atoms with van der Waals surface area (Å²) >= 11 is 0. The number of hydrogen-bond acceptors (Lipinski definition) is 4. The second-order valence-corrected chi connectivity index (χ2v) is 4.37. The average molecular weight is 214 g/mol. The summed E-state index contributed by atoms with van der Waals surface area (Å²) in [7, 11) is -3.57. The van der Waals surface area contributed by atoms with E-state index in [0.717, 1.165) is 12.1 Å². The minimum absolute atomic E-state index is 0.220. The van der Waals surface area contributed by atoms with Gasteiger partial charge in [0.05, 0.1) is 6.07 Å². The quantitative estimate of drug-likeness (QED) is 0.749. The van der Waals surface area contributed by atoms with E-state index in [9.17, 15) is 8.42 Å². The summed E-state index contributed by atoms with van der Waals surface area (Å²) in [6.45, 7) is 1.92. The van der Waals surface area contributed by atoms with E-state index in [0.29, 0.717) is 0 Å². The summed E-state index contributed by atoms with van der Waals surface area (Å²) in [5.74, 6) is -0.349. The highest BCUT2D eigenvalue weighted by Crippen LogP contribution is 2.07. The fraction of sp³-hybridized carbons (Fsp3) is 0.429. The maximum Gasteiger partial charge on any atom is 0.247 e. The highest BCUT2D eigenvalue weighted by Gasteiger charge is 2.11.